The molecule has 1 aliphatic rings. The number of nitrogens with zero attached hydrogens (tertiary/aromatic N) is 2. The third-order valence-corrected chi connectivity index (χ3v) is 4.46. The van der Waals surface area contributed by atoms with Crippen molar-refractivity contribution in [3.8, 4) is 0 Å². The average Bonchev–Trinajstić information content (AvgIpc) is 2.95. The Morgan fingerprint density at radius 1 is 1.04 bits per heavy atom. The number of alkyl halides is 6. The molecule has 1 aromatic carbocycles. The summed E-state index contributed by atoms with van der Waals surface area (Å²) < 4.78 is 78.2. The van der Waals surface area contributed by atoms with Crippen LogP contribution in [0.2, 0.25) is 0 Å². The Balaban J connectivity index is 1.96. The Hall–Kier alpha value is -1.81. The quantitative estimate of drug-likeness (QED) is 0.792. The standard InChI is InChI=1S/C16H17F6N3O/c17-15(18,19)9-6-10(16(20,21)22)14-11(7-9)23-12(24-14)8-13(26)25-4-2-1-3-5-25/h6-7,13,26H,1-5,8H2,(H,23,24). The lowest BCUT2D eigenvalue weighted by Gasteiger charge is -2.30. The molecule has 1 unspecified atom stereocenters. The highest BCUT2D eigenvalue weighted by Crippen LogP contribution is 2.39. The molecule has 3 rings (SSSR count). The summed E-state index contributed by atoms with van der Waals surface area (Å²) in [6.45, 7) is 1.32. The number of piperidine rings is 1. The van der Waals surface area contributed by atoms with Gasteiger partial charge in [-0.15, -0.1) is 0 Å². The zero-order valence-electron chi connectivity index (χ0n) is 13.6. The zero-order valence-corrected chi connectivity index (χ0v) is 13.6. The van der Waals surface area contributed by atoms with Crippen LogP contribution >= 0.6 is 0 Å². The van der Waals surface area contributed by atoms with Gasteiger partial charge in [0.05, 0.1) is 22.2 Å². The van der Waals surface area contributed by atoms with Gasteiger partial charge in [-0.1, -0.05) is 6.42 Å². The van der Waals surface area contributed by atoms with Crippen LogP contribution in [0.4, 0.5) is 26.3 Å². The van der Waals surface area contributed by atoms with Crippen LogP contribution in [0.5, 0.6) is 0 Å². The van der Waals surface area contributed by atoms with Gasteiger partial charge in [0.1, 0.15) is 12.1 Å². The molecule has 0 aliphatic carbocycles. The highest BCUT2D eigenvalue weighted by molar-refractivity contribution is 5.80. The molecule has 0 amide bonds. The number of hydrogen-bond acceptors (Lipinski definition) is 3. The predicted molar refractivity (Wildman–Crippen MR) is 81.2 cm³/mol. The van der Waals surface area contributed by atoms with Crippen molar-refractivity contribution in [1.82, 2.24) is 14.9 Å². The van der Waals surface area contributed by atoms with Crippen molar-refractivity contribution in [2.45, 2.75) is 44.3 Å². The van der Waals surface area contributed by atoms with Crippen molar-refractivity contribution in [3.63, 3.8) is 0 Å². The van der Waals surface area contributed by atoms with Crippen LogP contribution in [0.3, 0.4) is 0 Å². The first-order valence-corrected chi connectivity index (χ1v) is 8.15. The maximum Gasteiger partial charge on any atom is 0.418 e. The third kappa shape index (κ3) is 3.96. The van der Waals surface area contributed by atoms with E-state index in [-0.39, 0.29) is 18.3 Å². The van der Waals surface area contributed by atoms with E-state index in [1.165, 1.54) is 0 Å². The minimum absolute atomic E-state index is 0.0166. The molecule has 10 heteroatoms. The van der Waals surface area contributed by atoms with E-state index in [0.717, 1.165) is 19.3 Å². The molecule has 26 heavy (non-hydrogen) atoms. The molecule has 2 aromatic rings. The molecule has 0 bridgehead atoms. The maximum atomic E-state index is 13.2. The minimum atomic E-state index is -4.96. The van der Waals surface area contributed by atoms with Gasteiger partial charge in [0.25, 0.3) is 0 Å². The summed E-state index contributed by atoms with van der Waals surface area (Å²) in [6, 6.07) is 0.656. The molecule has 0 spiro atoms. The van der Waals surface area contributed by atoms with Crippen molar-refractivity contribution < 1.29 is 31.4 Å². The fourth-order valence-electron chi connectivity index (χ4n) is 3.17. The largest absolute Gasteiger partial charge is 0.418 e. The maximum absolute atomic E-state index is 13.2. The lowest BCUT2D eigenvalue weighted by atomic mass is 10.1. The Labute approximate surface area is 144 Å². The van der Waals surface area contributed by atoms with Crippen LogP contribution in [0.25, 0.3) is 11.0 Å². The summed E-state index contributed by atoms with van der Waals surface area (Å²) in [5, 5.41) is 10.2. The number of aromatic nitrogens is 2. The topological polar surface area (TPSA) is 52.2 Å². The van der Waals surface area contributed by atoms with Gasteiger partial charge in [0, 0.05) is 19.5 Å². The van der Waals surface area contributed by atoms with Crippen LogP contribution in [0.15, 0.2) is 12.1 Å². The second-order valence-corrected chi connectivity index (χ2v) is 6.38. The van der Waals surface area contributed by atoms with Crippen LogP contribution < -0.4 is 0 Å². The van der Waals surface area contributed by atoms with E-state index in [9.17, 15) is 31.4 Å². The molecular weight excluding hydrogens is 364 g/mol. The lowest BCUT2D eigenvalue weighted by molar-refractivity contribution is -0.142. The Morgan fingerprint density at radius 3 is 2.27 bits per heavy atom. The van der Waals surface area contributed by atoms with Gasteiger partial charge in [-0.05, 0) is 25.0 Å². The average molecular weight is 381 g/mol. The number of halogens is 6. The molecular formula is C16H17F6N3O. The van der Waals surface area contributed by atoms with E-state index in [4.69, 9.17) is 0 Å². The Kier molecular flexibility index (Phi) is 4.91. The zero-order chi connectivity index (χ0) is 19.1. The minimum Gasteiger partial charge on any atom is -0.378 e. The number of fused-ring (bicyclic) bond motifs is 1. The first-order chi connectivity index (χ1) is 12.1. The molecule has 0 saturated carbocycles. The van der Waals surface area contributed by atoms with Gasteiger partial charge in [-0.25, -0.2) is 4.98 Å². The second-order valence-electron chi connectivity index (χ2n) is 6.38. The first kappa shape index (κ1) is 19.0. The number of rotatable bonds is 3. The van der Waals surface area contributed by atoms with Gasteiger partial charge in [0.2, 0.25) is 0 Å². The summed E-state index contributed by atoms with van der Waals surface area (Å²) in [7, 11) is 0. The molecule has 1 aromatic heterocycles. The van der Waals surface area contributed by atoms with Crippen molar-refractivity contribution in [2.24, 2.45) is 0 Å². The molecule has 2 heterocycles. The van der Waals surface area contributed by atoms with E-state index in [0.29, 0.717) is 19.2 Å². The van der Waals surface area contributed by atoms with E-state index in [1.807, 2.05) is 0 Å². The summed E-state index contributed by atoms with van der Waals surface area (Å²) in [5.41, 5.74) is -3.76. The first-order valence-electron chi connectivity index (χ1n) is 8.15. The molecule has 1 saturated heterocycles. The van der Waals surface area contributed by atoms with Gasteiger partial charge in [-0.2, -0.15) is 26.3 Å². The fourth-order valence-corrected chi connectivity index (χ4v) is 3.17. The summed E-state index contributed by atoms with van der Waals surface area (Å²) in [6.07, 6.45) is -8.06. The van der Waals surface area contributed by atoms with Crippen molar-refractivity contribution in [3.05, 3.63) is 29.1 Å². The van der Waals surface area contributed by atoms with Gasteiger partial charge >= 0.3 is 12.4 Å². The molecule has 1 atom stereocenters. The van der Waals surface area contributed by atoms with Crippen LogP contribution in [-0.2, 0) is 18.8 Å². The van der Waals surface area contributed by atoms with E-state index < -0.39 is 40.7 Å². The Morgan fingerprint density at radius 2 is 1.69 bits per heavy atom. The Bertz CT molecular complexity index is 777. The van der Waals surface area contributed by atoms with Crippen LogP contribution in [0.1, 0.15) is 36.2 Å². The van der Waals surface area contributed by atoms with E-state index in [2.05, 4.69) is 9.97 Å². The van der Waals surface area contributed by atoms with E-state index in [1.54, 1.807) is 4.90 Å². The molecule has 4 nitrogen and oxygen atoms in total. The third-order valence-electron chi connectivity index (χ3n) is 4.46. The number of H-pyrrole nitrogens is 1. The molecule has 0 radical (unpaired) electrons. The van der Waals surface area contributed by atoms with E-state index >= 15 is 0 Å². The second kappa shape index (κ2) is 6.73. The number of nitrogens with one attached hydrogen (secondary N) is 1. The molecule has 2 N–H and O–H groups in total. The van der Waals surface area contributed by atoms with Gasteiger partial charge < -0.3 is 10.1 Å². The predicted octanol–water partition coefficient (Wildman–Crippen LogP) is 3.95. The monoisotopic (exact) mass is 381 g/mol. The highest BCUT2D eigenvalue weighted by Gasteiger charge is 2.39. The summed E-state index contributed by atoms with van der Waals surface area (Å²) in [4.78, 5) is 8.07. The number of hydrogen-bond donors (Lipinski definition) is 2. The van der Waals surface area contributed by atoms with Crippen LogP contribution in [-0.4, -0.2) is 39.3 Å². The molecule has 1 fully saturated rings. The van der Waals surface area contributed by atoms with Gasteiger partial charge in [-0.3, -0.25) is 4.90 Å². The number of benzene rings is 1. The van der Waals surface area contributed by atoms with Gasteiger partial charge in [0.15, 0.2) is 0 Å². The highest BCUT2D eigenvalue weighted by atomic mass is 19.4. The number of aliphatic hydroxyl groups is 1. The van der Waals surface area contributed by atoms with Crippen LogP contribution in [0, 0.1) is 0 Å². The normalized spacial score (nSPS) is 18.4. The fraction of sp³-hybridized carbons (Fsp3) is 0.562. The molecule has 144 valence electrons. The number of aliphatic hydroxyl groups excluding tert-OH is 1. The lowest BCUT2D eigenvalue weighted by Crippen LogP contribution is -2.40. The summed E-state index contributed by atoms with van der Waals surface area (Å²) in [5.74, 6) is 0.0166. The SMILES string of the molecule is OC(Cc1nc2cc(C(F)(F)F)cc(C(F)(F)F)c2[nH]1)N1CCCCC1. The van der Waals surface area contributed by atoms with Crippen molar-refractivity contribution in [1.29, 1.82) is 0 Å². The van der Waals surface area contributed by atoms with Crippen molar-refractivity contribution in [2.75, 3.05) is 13.1 Å². The van der Waals surface area contributed by atoms with Crippen molar-refractivity contribution >= 4 is 11.0 Å². The number of likely N-dealkylation sites (tertiary alicyclic amines) is 1. The number of aromatic amines is 1. The molecule has 1 aliphatic heterocycles. The smallest absolute Gasteiger partial charge is 0.378 e. The number of imidazole rings is 1. The summed E-state index contributed by atoms with van der Waals surface area (Å²) >= 11 is 0.